The van der Waals surface area contributed by atoms with Crippen LogP contribution in [0.25, 0.3) is 11.0 Å². The van der Waals surface area contributed by atoms with Crippen LogP contribution in [0, 0.1) is 0 Å². The molecule has 37 heavy (non-hydrogen) atoms. The van der Waals surface area contributed by atoms with Crippen molar-refractivity contribution in [2.24, 2.45) is 0 Å². The van der Waals surface area contributed by atoms with Crippen LogP contribution in [0.3, 0.4) is 0 Å². The van der Waals surface area contributed by atoms with Gasteiger partial charge in [0.25, 0.3) is 11.8 Å². The Morgan fingerprint density at radius 3 is 2.51 bits per heavy atom. The molecule has 0 spiro atoms. The van der Waals surface area contributed by atoms with Crippen molar-refractivity contribution in [3.63, 3.8) is 0 Å². The summed E-state index contributed by atoms with van der Waals surface area (Å²) < 4.78 is 2.18. The van der Waals surface area contributed by atoms with Crippen molar-refractivity contribution in [3.8, 4) is 0 Å². The molecule has 10 heteroatoms. The third kappa shape index (κ3) is 4.54. The molecule has 6 rings (SSSR count). The molecule has 2 bridgehead atoms. The number of aromatic nitrogens is 4. The monoisotopic (exact) mass is 502 g/mol. The summed E-state index contributed by atoms with van der Waals surface area (Å²) in [4.78, 5) is 43.2. The molecule has 3 aromatic heterocycles. The van der Waals surface area contributed by atoms with Crippen LogP contribution in [-0.2, 0) is 0 Å². The number of carbonyl (C=O) groups excluding carboxylic acids is 2. The predicted octanol–water partition coefficient (Wildman–Crippen LogP) is 3.35. The van der Waals surface area contributed by atoms with E-state index in [0.29, 0.717) is 35.0 Å². The minimum atomic E-state index is -0.0504. The van der Waals surface area contributed by atoms with E-state index in [2.05, 4.69) is 25.2 Å². The summed E-state index contributed by atoms with van der Waals surface area (Å²) in [6.45, 7) is 1.63. The highest BCUT2D eigenvalue weighted by Gasteiger charge is 2.40. The van der Waals surface area contributed by atoms with Gasteiger partial charge >= 0.3 is 0 Å². The van der Waals surface area contributed by atoms with Crippen LogP contribution in [0.4, 0.5) is 11.8 Å². The zero-order valence-corrected chi connectivity index (χ0v) is 21.5. The Kier molecular flexibility index (Phi) is 6.27. The van der Waals surface area contributed by atoms with E-state index in [0.717, 1.165) is 43.4 Å². The molecular formula is C27H34N8O2. The van der Waals surface area contributed by atoms with Crippen molar-refractivity contribution >= 4 is 34.6 Å². The van der Waals surface area contributed by atoms with E-state index in [1.54, 1.807) is 43.5 Å². The molecule has 1 saturated carbocycles. The summed E-state index contributed by atoms with van der Waals surface area (Å²) in [6, 6.07) is 4.61. The van der Waals surface area contributed by atoms with Gasteiger partial charge < -0.3 is 25.0 Å². The standard InChI is InChI=1S/C27H34N8O2/c1-33(2)26(37)22-16-34(19-7-5-3-4-6-8-19)24-21(22)14-30-27(32-24)31-23-10-9-17(12-29-23)25(36)35-15-18-11-20(35)13-28-18/h9-10,12,14,16,18-20,28H,3-8,11,13,15H2,1-2H3,(H,29,30,31,32). The van der Waals surface area contributed by atoms with Crippen LogP contribution in [0.1, 0.15) is 71.7 Å². The van der Waals surface area contributed by atoms with Crippen LogP contribution in [-0.4, -0.2) is 80.4 Å². The number of carbonyl (C=O) groups is 2. The van der Waals surface area contributed by atoms with E-state index in [1.165, 1.54) is 25.7 Å². The summed E-state index contributed by atoms with van der Waals surface area (Å²) in [5.74, 6) is 0.965. The molecule has 0 aromatic carbocycles. The first kappa shape index (κ1) is 23.8. The maximum atomic E-state index is 12.9. The van der Waals surface area contributed by atoms with Gasteiger partial charge in [-0.3, -0.25) is 9.59 Å². The van der Waals surface area contributed by atoms with Crippen LogP contribution in [0.15, 0.2) is 30.7 Å². The summed E-state index contributed by atoms with van der Waals surface area (Å²) in [5.41, 5.74) is 1.98. The van der Waals surface area contributed by atoms with Crippen molar-refractivity contribution in [3.05, 3.63) is 41.9 Å². The Hall–Kier alpha value is -3.53. The Morgan fingerprint density at radius 2 is 1.86 bits per heavy atom. The van der Waals surface area contributed by atoms with E-state index in [1.807, 2.05) is 11.1 Å². The zero-order valence-electron chi connectivity index (χ0n) is 21.5. The van der Waals surface area contributed by atoms with Gasteiger partial charge in [-0.25, -0.2) is 9.97 Å². The number of amides is 2. The lowest BCUT2D eigenvalue weighted by Crippen LogP contribution is -2.46. The van der Waals surface area contributed by atoms with E-state index in [9.17, 15) is 9.59 Å². The summed E-state index contributed by atoms with van der Waals surface area (Å²) >= 11 is 0. The van der Waals surface area contributed by atoms with Gasteiger partial charge in [0.05, 0.1) is 16.5 Å². The minimum absolute atomic E-state index is 0.0324. The number of piperazine rings is 1. The fourth-order valence-electron chi connectivity index (χ4n) is 6.00. The van der Waals surface area contributed by atoms with Crippen LogP contribution in [0.5, 0.6) is 0 Å². The summed E-state index contributed by atoms with van der Waals surface area (Å²) in [6.07, 6.45) is 13.4. The van der Waals surface area contributed by atoms with Crippen LogP contribution >= 0.6 is 0 Å². The van der Waals surface area contributed by atoms with Gasteiger partial charge in [0.15, 0.2) is 0 Å². The van der Waals surface area contributed by atoms with Crippen molar-refractivity contribution in [1.29, 1.82) is 0 Å². The zero-order chi connectivity index (χ0) is 25.5. The lowest BCUT2D eigenvalue weighted by molar-refractivity contribution is 0.0715. The largest absolute Gasteiger partial charge is 0.345 e. The molecule has 3 fully saturated rings. The molecule has 10 nitrogen and oxygen atoms in total. The van der Waals surface area contributed by atoms with Gasteiger partial charge in [-0.15, -0.1) is 0 Å². The quantitative estimate of drug-likeness (QED) is 0.515. The minimum Gasteiger partial charge on any atom is -0.345 e. The maximum Gasteiger partial charge on any atom is 0.255 e. The molecule has 3 aromatic rings. The molecule has 194 valence electrons. The SMILES string of the molecule is CN(C)C(=O)c1cn(C2CCCCCC2)c2nc(Nc3ccc(C(=O)N4CC5CC4CN5)cn3)ncc12. The normalized spacial score (nSPS) is 21.8. The molecule has 0 radical (unpaired) electrons. The smallest absolute Gasteiger partial charge is 0.255 e. The number of hydrogen-bond acceptors (Lipinski definition) is 7. The average Bonchev–Trinajstić information content (AvgIpc) is 3.58. The Balaban J connectivity index is 1.26. The molecule has 2 atom stereocenters. The molecule has 2 saturated heterocycles. The Labute approximate surface area is 216 Å². The number of likely N-dealkylation sites (tertiary alicyclic amines) is 1. The second kappa shape index (κ2) is 9.74. The van der Waals surface area contributed by atoms with E-state index >= 15 is 0 Å². The van der Waals surface area contributed by atoms with Gasteiger partial charge in [-0.05, 0) is 31.4 Å². The van der Waals surface area contributed by atoms with Crippen molar-refractivity contribution in [1.82, 2.24) is 34.6 Å². The highest BCUT2D eigenvalue weighted by molar-refractivity contribution is 6.06. The molecule has 2 aliphatic heterocycles. The molecule has 3 aliphatic rings. The second-order valence-corrected chi connectivity index (χ2v) is 10.7. The number of pyridine rings is 1. The number of hydrogen-bond donors (Lipinski definition) is 2. The van der Waals surface area contributed by atoms with E-state index in [4.69, 9.17) is 4.98 Å². The number of fused-ring (bicyclic) bond motifs is 3. The lowest BCUT2D eigenvalue weighted by atomic mass is 10.1. The van der Waals surface area contributed by atoms with Crippen LogP contribution < -0.4 is 10.6 Å². The predicted molar refractivity (Wildman–Crippen MR) is 141 cm³/mol. The first-order valence-corrected chi connectivity index (χ1v) is 13.3. The van der Waals surface area contributed by atoms with Gasteiger partial charge in [0.1, 0.15) is 11.5 Å². The van der Waals surface area contributed by atoms with E-state index in [-0.39, 0.29) is 17.9 Å². The molecule has 2 N–H and O–H groups in total. The first-order chi connectivity index (χ1) is 18.0. The highest BCUT2D eigenvalue weighted by Crippen LogP contribution is 2.33. The van der Waals surface area contributed by atoms with Crippen molar-refractivity contribution in [2.45, 2.75) is 63.1 Å². The second-order valence-electron chi connectivity index (χ2n) is 10.7. The van der Waals surface area contributed by atoms with Gasteiger partial charge in [0.2, 0.25) is 5.95 Å². The number of nitrogens with one attached hydrogen (secondary N) is 2. The first-order valence-electron chi connectivity index (χ1n) is 13.3. The fraction of sp³-hybridized carbons (Fsp3) is 0.519. The Morgan fingerprint density at radius 1 is 1.05 bits per heavy atom. The summed E-state index contributed by atoms with van der Waals surface area (Å²) in [5, 5.41) is 7.37. The highest BCUT2D eigenvalue weighted by atomic mass is 16.2. The van der Waals surface area contributed by atoms with Crippen molar-refractivity contribution in [2.75, 3.05) is 32.5 Å². The third-order valence-electron chi connectivity index (χ3n) is 7.99. The van der Waals surface area contributed by atoms with Crippen molar-refractivity contribution < 1.29 is 9.59 Å². The fourth-order valence-corrected chi connectivity index (χ4v) is 6.00. The Bertz CT molecular complexity index is 1310. The topological polar surface area (TPSA) is 108 Å². The number of rotatable bonds is 5. The van der Waals surface area contributed by atoms with Gasteiger partial charge in [-0.2, -0.15) is 4.98 Å². The molecule has 5 heterocycles. The number of anilines is 2. The van der Waals surface area contributed by atoms with Crippen LogP contribution in [0.2, 0.25) is 0 Å². The van der Waals surface area contributed by atoms with E-state index < -0.39 is 0 Å². The maximum absolute atomic E-state index is 12.9. The van der Waals surface area contributed by atoms with Gasteiger partial charge in [-0.1, -0.05) is 25.7 Å². The van der Waals surface area contributed by atoms with Gasteiger partial charge in [0, 0.05) is 63.9 Å². The molecule has 1 aliphatic carbocycles. The summed E-state index contributed by atoms with van der Waals surface area (Å²) in [7, 11) is 3.53. The molecule has 2 unspecified atom stereocenters. The molecular weight excluding hydrogens is 468 g/mol. The average molecular weight is 503 g/mol. The lowest BCUT2D eigenvalue weighted by Gasteiger charge is -2.27. The number of nitrogens with zero attached hydrogens (tertiary/aromatic N) is 6. The molecule has 2 amide bonds. The third-order valence-corrected chi connectivity index (χ3v) is 7.99.